The van der Waals surface area contributed by atoms with E-state index in [1.165, 1.54) is 0 Å². The zero-order valence-electron chi connectivity index (χ0n) is 11.6. The SMILES string of the molecule is CNCC1C(=O)NC(C)CN1c1cccc(OC)c1. The number of amides is 1. The fourth-order valence-corrected chi connectivity index (χ4v) is 2.42. The molecule has 0 radical (unpaired) electrons. The van der Waals surface area contributed by atoms with Crippen LogP contribution in [0.15, 0.2) is 24.3 Å². The zero-order valence-corrected chi connectivity index (χ0v) is 11.6. The van der Waals surface area contributed by atoms with Crippen LogP contribution >= 0.6 is 0 Å². The molecule has 0 saturated carbocycles. The molecule has 1 aliphatic heterocycles. The third-order valence-electron chi connectivity index (χ3n) is 3.32. The summed E-state index contributed by atoms with van der Waals surface area (Å²) < 4.78 is 5.25. The van der Waals surface area contributed by atoms with Gasteiger partial charge in [0.25, 0.3) is 0 Å². The lowest BCUT2D eigenvalue weighted by Crippen LogP contribution is -2.62. The quantitative estimate of drug-likeness (QED) is 0.835. The van der Waals surface area contributed by atoms with Crippen LogP contribution in [-0.4, -0.2) is 45.2 Å². The van der Waals surface area contributed by atoms with E-state index in [1.807, 2.05) is 38.2 Å². The summed E-state index contributed by atoms with van der Waals surface area (Å²) in [5.74, 6) is 0.871. The first-order valence-electron chi connectivity index (χ1n) is 6.51. The lowest BCUT2D eigenvalue weighted by molar-refractivity contribution is -0.124. The molecule has 2 N–H and O–H groups in total. The van der Waals surface area contributed by atoms with Gasteiger partial charge in [0.1, 0.15) is 11.8 Å². The highest BCUT2D eigenvalue weighted by Crippen LogP contribution is 2.24. The summed E-state index contributed by atoms with van der Waals surface area (Å²) in [7, 11) is 3.50. The maximum absolute atomic E-state index is 12.1. The van der Waals surface area contributed by atoms with Crippen molar-refractivity contribution < 1.29 is 9.53 Å². The minimum absolute atomic E-state index is 0.0657. The summed E-state index contributed by atoms with van der Waals surface area (Å²) in [5, 5.41) is 6.07. The predicted molar refractivity (Wildman–Crippen MR) is 75.7 cm³/mol. The van der Waals surface area contributed by atoms with Crippen LogP contribution < -0.4 is 20.3 Å². The monoisotopic (exact) mass is 263 g/mol. The normalized spacial score (nSPS) is 23.1. The Morgan fingerprint density at radius 1 is 1.53 bits per heavy atom. The fourth-order valence-electron chi connectivity index (χ4n) is 2.42. The van der Waals surface area contributed by atoms with Crippen molar-refractivity contribution in [2.45, 2.75) is 19.0 Å². The number of anilines is 1. The topological polar surface area (TPSA) is 53.6 Å². The molecule has 1 aliphatic rings. The Morgan fingerprint density at radius 3 is 3.00 bits per heavy atom. The molecule has 5 nitrogen and oxygen atoms in total. The Morgan fingerprint density at radius 2 is 2.32 bits per heavy atom. The molecule has 1 heterocycles. The molecule has 1 amide bonds. The number of nitrogens with zero attached hydrogens (tertiary/aromatic N) is 1. The third kappa shape index (κ3) is 2.98. The number of likely N-dealkylation sites (N-methyl/N-ethyl adjacent to an activating group) is 1. The van der Waals surface area contributed by atoms with Crippen LogP contribution in [0.1, 0.15) is 6.92 Å². The van der Waals surface area contributed by atoms with Crippen LogP contribution in [0.5, 0.6) is 5.75 Å². The van der Waals surface area contributed by atoms with Crippen molar-refractivity contribution in [2.75, 3.05) is 32.1 Å². The zero-order chi connectivity index (χ0) is 13.8. The first-order valence-corrected chi connectivity index (χ1v) is 6.51. The second kappa shape index (κ2) is 5.93. The molecular formula is C14H21N3O2. The fraction of sp³-hybridized carbons (Fsp3) is 0.500. The van der Waals surface area contributed by atoms with E-state index in [-0.39, 0.29) is 18.0 Å². The standard InChI is InChI=1S/C14H21N3O2/c1-10-9-17(13(8-15-2)14(18)16-10)11-5-4-6-12(7-11)19-3/h4-7,10,13,15H,8-9H2,1-3H3,(H,16,18). The molecule has 5 heteroatoms. The summed E-state index contributed by atoms with van der Waals surface area (Å²) in [6.07, 6.45) is 0. The van der Waals surface area contributed by atoms with Gasteiger partial charge in [-0.3, -0.25) is 4.79 Å². The number of ether oxygens (including phenoxy) is 1. The van der Waals surface area contributed by atoms with Crippen LogP contribution in [0.25, 0.3) is 0 Å². The first kappa shape index (κ1) is 13.7. The Hall–Kier alpha value is -1.75. The second-order valence-corrected chi connectivity index (χ2v) is 4.84. The van der Waals surface area contributed by atoms with E-state index < -0.39 is 0 Å². The van der Waals surface area contributed by atoms with Crippen LogP contribution in [0.3, 0.4) is 0 Å². The highest BCUT2D eigenvalue weighted by Gasteiger charge is 2.32. The molecule has 2 atom stereocenters. The molecule has 0 aliphatic carbocycles. The molecular weight excluding hydrogens is 242 g/mol. The summed E-state index contributed by atoms with van der Waals surface area (Å²) in [6, 6.07) is 7.79. The van der Waals surface area contributed by atoms with E-state index in [9.17, 15) is 4.79 Å². The number of rotatable bonds is 4. The smallest absolute Gasteiger partial charge is 0.244 e. The van der Waals surface area contributed by atoms with Gasteiger partial charge in [-0.05, 0) is 26.1 Å². The van der Waals surface area contributed by atoms with Gasteiger partial charge in [-0.15, -0.1) is 0 Å². The third-order valence-corrected chi connectivity index (χ3v) is 3.32. The number of hydrogen-bond donors (Lipinski definition) is 2. The molecule has 0 bridgehead atoms. The molecule has 1 saturated heterocycles. The molecule has 104 valence electrons. The summed E-state index contributed by atoms with van der Waals surface area (Å²) in [5.41, 5.74) is 1.02. The van der Waals surface area contributed by atoms with Gasteiger partial charge in [0, 0.05) is 30.9 Å². The lowest BCUT2D eigenvalue weighted by atomic mass is 10.1. The van der Waals surface area contributed by atoms with Gasteiger partial charge in [-0.2, -0.15) is 0 Å². The van der Waals surface area contributed by atoms with Crippen molar-refractivity contribution in [3.05, 3.63) is 24.3 Å². The summed E-state index contributed by atoms with van der Waals surface area (Å²) >= 11 is 0. The predicted octanol–water partition coefficient (Wildman–Crippen LogP) is 0.608. The van der Waals surface area contributed by atoms with Gasteiger partial charge in [0.05, 0.1) is 7.11 Å². The van der Waals surface area contributed by atoms with E-state index in [4.69, 9.17) is 4.74 Å². The van der Waals surface area contributed by atoms with Crippen molar-refractivity contribution in [3.63, 3.8) is 0 Å². The molecule has 0 spiro atoms. The second-order valence-electron chi connectivity index (χ2n) is 4.84. The van der Waals surface area contributed by atoms with Gasteiger partial charge in [-0.25, -0.2) is 0 Å². The van der Waals surface area contributed by atoms with Crippen molar-refractivity contribution in [2.24, 2.45) is 0 Å². The lowest BCUT2D eigenvalue weighted by Gasteiger charge is -2.39. The number of hydrogen-bond acceptors (Lipinski definition) is 4. The molecule has 1 fully saturated rings. The van der Waals surface area contributed by atoms with E-state index in [2.05, 4.69) is 15.5 Å². The Kier molecular flexibility index (Phi) is 4.27. The minimum Gasteiger partial charge on any atom is -0.497 e. The Labute approximate surface area is 113 Å². The molecule has 0 aromatic heterocycles. The number of nitrogens with one attached hydrogen (secondary N) is 2. The molecule has 2 unspecified atom stereocenters. The Balaban J connectivity index is 2.29. The van der Waals surface area contributed by atoms with Crippen molar-refractivity contribution >= 4 is 11.6 Å². The van der Waals surface area contributed by atoms with Crippen molar-refractivity contribution in [1.82, 2.24) is 10.6 Å². The van der Waals surface area contributed by atoms with Gasteiger partial charge in [0.2, 0.25) is 5.91 Å². The maximum Gasteiger partial charge on any atom is 0.244 e. The summed E-state index contributed by atoms with van der Waals surface area (Å²) in [6.45, 7) is 3.43. The minimum atomic E-state index is -0.187. The largest absolute Gasteiger partial charge is 0.497 e. The maximum atomic E-state index is 12.1. The number of carbonyl (C=O) groups excluding carboxylic acids is 1. The van der Waals surface area contributed by atoms with E-state index in [1.54, 1.807) is 7.11 Å². The number of benzene rings is 1. The number of carbonyl (C=O) groups is 1. The average Bonchev–Trinajstić information content (AvgIpc) is 2.41. The number of piperazine rings is 1. The van der Waals surface area contributed by atoms with Crippen molar-refractivity contribution in [1.29, 1.82) is 0 Å². The highest BCUT2D eigenvalue weighted by molar-refractivity contribution is 5.87. The Bertz CT molecular complexity index is 450. The van der Waals surface area contributed by atoms with E-state index in [0.29, 0.717) is 6.54 Å². The van der Waals surface area contributed by atoms with Crippen LogP contribution in [0.2, 0.25) is 0 Å². The van der Waals surface area contributed by atoms with E-state index in [0.717, 1.165) is 18.0 Å². The van der Waals surface area contributed by atoms with Crippen LogP contribution in [0, 0.1) is 0 Å². The van der Waals surface area contributed by atoms with Gasteiger partial charge < -0.3 is 20.3 Å². The average molecular weight is 263 g/mol. The molecule has 2 rings (SSSR count). The van der Waals surface area contributed by atoms with Gasteiger partial charge >= 0.3 is 0 Å². The summed E-state index contributed by atoms with van der Waals surface area (Å²) in [4.78, 5) is 14.2. The highest BCUT2D eigenvalue weighted by atomic mass is 16.5. The van der Waals surface area contributed by atoms with Gasteiger partial charge in [0.15, 0.2) is 0 Å². The van der Waals surface area contributed by atoms with Crippen LogP contribution in [0.4, 0.5) is 5.69 Å². The number of methoxy groups -OCH3 is 1. The molecule has 1 aromatic carbocycles. The van der Waals surface area contributed by atoms with Crippen LogP contribution in [-0.2, 0) is 4.79 Å². The van der Waals surface area contributed by atoms with E-state index >= 15 is 0 Å². The van der Waals surface area contributed by atoms with Crippen molar-refractivity contribution in [3.8, 4) is 5.75 Å². The molecule has 1 aromatic rings. The molecule has 19 heavy (non-hydrogen) atoms. The van der Waals surface area contributed by atoms with Gasteiger partial charge in [-0.1, -0.05) is 6.07 Å². The first-order chi connectivity index (χ1) is 9.15.